The molecule has 0 aliphatic carbocycles. The van der Waals surface area contributed by atoms with Crippen LogP contribution in [0.4, 0.5) is 5.69 Å². The van der Waals surface area contributed by atoms with Crippen molar-refractivity contribution >= 4 is 15.7 Å². The van der Waals surface area contributed by atoms with Gasteiger partial charge in [0.05, 0.1) is 9.82 Å². The molecule has 0 amide bonds. The summed E-state index contributed by atoms with van der Waals surface area (Å²) in [5.41, 5.74) is 0.200. The van der Waals surface area contributed by atoms with Crippen LogP contribution in [-0.4, -0.2) is 33.0 Å². The highest BCUT2D eigenvalue weighted by atomic mass is 32.2. The van der Waals surface area contributed by atoms with Crippen molar-refractivity contribution in [2.45, 2.75) is 31.6 Å². The molecule has 8 heteroatoms. The molecule has 1 fully saturated rings. The molecule has 122 valence electrons. The molecule has 0 unspecified atom stereocenters. The number of sulfonamides is 1. The predicted octanol–water partition coefficient (Wildman–Crippen LogP) is 1.57. The second-order valence-corrected chi connectivity index (χ2v) is 7.83. The Morgan fingerprint density at radius 3 is 2.55 bits per heavy atom. The lowest BCUT2D eigenvalue weighted by atomic mass is 9.81. The molecule has 1 aromatic rings. The average Bonchev–Trinajstić information content (AvgIpc) is 2.46. The van der Waals surface area contributed by atoms with Gasteiger partial charge in [-0.2, -0.15) is 0 Å². The Bertz CT molecular complexity index is 667. The fourth-order valence-electron chi connectivity index (χ4n) is 2.60. The van der Waals surface area contributed by atoms with E-state index in [0.29, 0.717) is 12.1 Å². The van der Waals surface area contributed by atoms with Crippen molar-refractivity contribution in [3.8, 4) is 0 Å². The molecule has 0 aromatic heterocycles. The highest BCUT2D eigenvalue weighted by Crippen LogP contribution is 2.28. The van der Waals surface area contributed by atoms with Crippen LogP contribution in [0.15, 0.2) is 23.1 Å². The molecule has 0 bridgehead atoms. The number of non-ortho nitro benzene ring substituents is 1. The van der Waals surface area contributed by atoms with Gasteiger partial charge in [-0.25, -0.2) is 13.1 Å². The quantitative estimate of drug-likeness (QED) is 0.631. The van der Waals surface area contributed by atoms with Crippen molar-refractivity contribution in [1.82, 2.24) is 10.0 Å². The highest BCUT2D eigenvalue weighted by molar-refractivity contribution is 7.89. The van der Waals surface area contributed by atoms with Gasteiger partial charge in [0.2, 0.25) is 10.0 Å². The summed E-state index contributed by atoms with van der Waals surface area (Å²) >= 11 is 0. The van der Waals surface area contributed by atoms with Crippen molar-refractivity contribution in [1.29, 1.82) is 0 Å². The molecule has 7 nitrogen and oxygen atoms in total. The zero-order chi connectivity index (χ0) is 16.4. The third-order valence-corrected chi connectivity index (χ3v) is 5.72. The minimum atomic E-state index is -3.66. The second-order valence-electron chi connectivity index (χ2n) is 6.09. The van der Waals surface area contributed by atoms with Gasteiger partial charge in [0.15, 0.2) is 0 Å². The lowest BCUT2D eigenvalue weighted by molar-refractivity contribution is -0.385. The minimum absolute atomic E-state index is 0.0625. The molecular weight excluding hydrogens is 306 g/mol. The first-order chi connectivity index (χ1) is 10.2. The van der Waals surface area contributed by atoms with Gasteiger partial charge >= 0.3 is 0 Å². The van der Waals surface area contributed by atoms with Crippen molar-refractivity contribution < 1.29 is 13.3 Å². The van der Waals surface area contributed by atoms with E-state index in [2.05, 4.69) is 17.0 Å². The fraction of sp³-hybridized carbons (Fsp3) is 0.571. The molecule has 0 saturated carbocycles. The van der Waals surface area contributed by atoms with E-state index in [9.17, 15) is 18.5 Å². The van der Waals surface area contributed by atoms with Crippen LogP contribution in [0, 0.1) is 22.5 Å². The maximum absolute atomic E-state index is 12.4. The van der Waals surface area contributed by atoms with Gasteiger partial charge in [-0.15, -0.1) is 0 Å². The van der Waals surface area contributed by atoms with Crippen LogP contribution < -0.4 is 10.0 Å². The van der Waals surface area contributed by atoms with Gasteiger partial charge in [0.1, 0.15) is 0 Å². The smallest absolute Gasteiger partial charge is 0.269 e. The number of nitrogens with one attached hydrogen (secondary N) is 2. The number of aryl methyl sites for hydroxylation is 1. The minimum Gasteiger partial charge on any atom is -0.317 e. The Balaban J connectivity index is 2.15. The lowest BCUT2D eigenvalue weighted by Gasteiger charge is -2.34. The van der Waals surface area contributed by atoms with Gasteiger partial charge in [-0.3, -0.25) is 10.1 Å². The first-order valence-corrected chi connectivity index (χ1v) is 8.67. The maximum Gasteiger partial charge on any atom is 0.269 e. The fourth-order valence-corrected chi connectivity index (χ4v) is 4.03. The van der Waals surface area contributed by atoms with Crippen molar-refractivity contribution in [2.75, 3.05) is 19.6 Å². The molecule has 22 heavy (non-hydrogen) atoms. The zero-order valence-corrected chi connectivity index (χ0v) is 13.6. The molecule has 1 aromatic carbocycles. The molecule has 1 aliphatic rings. The first kappa shape index (κ1) is 16.9. The van der Waals surface area contributed by atoms with Gasteiger partial charge in [0, 0.05) is 18.7 Å². The zero-order valence-electron chi connectivity index (χ0n) is 12.8. The summed E-state index contributed by atoms with van der Waals surface area (Å²) in [4.78, 5) is 10.3. The maximum atomic E-state index is 12.4. The molecule has 1 heterocycles. The van der Waals surface area contributed by atoms with Crippen LogP contribution in [0.2, 0.25) is 0 Å². The summed E-state index contributed by atoms with van der Waals surface area (Å²) in [6.07, 6.45) is 1.82. The van der Waals surface area contributed by atoms with Gasteiger partial charge in [-0.05, 0) is 49.9 Å². The molecule has 0 radical (unpaired) electrons. The van der Waals surface area contributed by atoms with Gasteiger partial charge in [-0.1, -0.05) is 6.92 Å². The summed E-state index contributed by atoms with van der Waals surface area (Å²) in [5, 5.41) is 14.0. The van der Waals surface area contributed by atoms with Crippen LogP contribution in [-0.2, 0) is 10.0 Å². The molecule has 1 aliphatic heterocycles. The Morgan fingerprint density at radius 1 is 1.36 bits per heavy atom. The molecule has 2 N–H and O–H groups in total. The van der Waals surface area contributed by atoms with Crippen molar-refractivity contribution in [2.24, 2.45) is 5.41 Å². The predicted molar refractivity (Wildman–Crippen MR) is 83.2 cm³/mol. The van der Waals surface area contributed by atoms with Gasteiger partial charge < -0.3 is 5.32 Å². The summed E-state index contributed by atoms with van der Waals surface area (Å²) in [6, 6.07) is 3.79. The number of benzene rings is 1. The summed E-state index contributed by atoms with van der Waals surface area (Å²) in [5.74, 6) is 0. The van der Waals surface area contributed by atoms with E-state index < -0.39 is 14.9 Å². The van der Waals surface area contributed by atoms with Crippen molar-refractivity contribution in [3.63, 3.8) is 0 Å². The number of piperidine rings is 1. The Labute approximate surface area is 130 Å². The first-order valence-electron chi connectivity index (χ1n) is 7.19. The second kappa shape index (κ2) is 6.31. The lowest BCUT2D eigenvalue weighted by Crippen LogP contribution is -2.42. The number of rotatable bonds is 5. The monoisotopic (exact) mass is 327 g/mol. The van der Waals surface area contributed by atoms with Crippen LogP contribution >= 0.6 is 0 Å². The normalized spacial score (nSPS) is 18.1. The van der Waals surface area contributed by atoms with E-state index in [0.717, 1.165) is 25.9 Å². The molecule has 0 atom stereocenters. The number of nitro groups is 1. The summed E-state index contributed by atoms with van der Waals surface area (Å²) in [7, 11) is -3.66. The molecule has 1 saturated heterocycles. The highest BCUT2D eigenvalue weighted by Gasteiger charge is 2.29. The standard InChI is InChI=1S/C14H21N3O4S/c1-11-9-12(17(18)19)3-4-13(11)22(20,21)16-10-14(2)5-7-15-8-6-14/h3-4,9,15-16H,5-8,10H2,1-2H3. The summed E-state index contributed by atoms with van der Waals surface area (Å²) < 4.78 is 27.5. The van der Waals surface area contributed by atoms with E-state index in [1.807, 2.05) is 0 Å². The van der Waals surface area contributed by atoms with E-state index in [-0.39, 0.29) is 16.0 Å². The van der Waals surface area contributed by atoms with E-state index in [4.69, 9.17) is 0 Å². The molecule has 0 spiro atoms. The van der Waals surface area contributed by atoms with E-state index >= 15 is 0 Å². The number of hydrogen-bond acceptors (Lipinski definition) is 5. The topological polar surface area (TPSA) is 101 Å². The van der Waals surface area contributed by atoms with Crippen molar-refractivity contribution in [3.05, 3.63) is 33.9 Å². The van der Waals surface area contributed by atoms with E-state index in [1.54, 1.807) is 6.92 Å². The largest absolute Gasteiger partial charge is 0.317 e. The number of nitrogens with zero attached hydrogens (tertiary/aromatic N) is 1. The Kier molecular flexibility index (Phi) is 4.84. The summed E-state index contributed by atoms with van der Waals surface area (Å²) in [6.45, 7) is 5.77. The van der Waals surface area contributed by atoms with Crippen LogP contribution in [0.3, 0.4) is 0 Å². The van der Waals surface area contributed by atoms with Crippen LogP contribution in [0.5, 0.6) is 0 Å². The average molecular weight is 327 g/mol. The van der Waals surface area contributed by atoms with Gasteiger partial charge in [0.25, 0.3) is 5.69 Å². The SMILES string of the molecule is Cc1cc([N+](=O)[O-])ccc1S(=O)(=O)NCC1(C)CCNCC1. The Hall–Kier alpha value is -1.51. The molecular formula is C14H21N3O4S. The third-order valence-electron chi connectivity index (χ3n) is 4.16. The van der Waals surface area contributed by atoms with Crippen LogP contribution in [0.25, 0.3) is 0 Å². The number of nitro benzene ring substituents is 1. The Morgan fingerprint density at radius 2 is 2.00 bits per heavy atom. The van der Waals surface area contributed by atoms with E-state index in [1.165, 1.54) is 18.2 Å². The number of hydrogen-bond donors (Lipinski definition) is 2. The molecule has 2 rings (SSSR count). The third kappa shape index (κ3) is 3.82. The van der Waals surface area contributed by atoms with Crippen LogP contribution in [0.1, 0.15) is 25.3 Å².